The van der Waals surface area contributed by atoms with Gasteiger partial charge in [0.15, 0.2) is 0 Å². The fraction of sp³-hybridized carbons (Fsp3) is 0.579. The molecule has 0 spiro atoms. The van der Waals surface area contributed by atoms with Crippen molar-refractivity contribution >= 4 is 5.91 Å². The van der Waals surface area contributed by atoms with Crippen molar-refractivity contribution in [3.8, 4) is 0 Å². The zero-order valence-electron chi connectivity index (χ0n) is 16.1. The number of rotatable bonds is 6. The lowest BCUT2D eigenvalue weighted by Crippen LogP contribution is -2.28. The predicted molar refractivity (Wildman–Crippen MR) is 99.3 cm³/mol. The summed E-state index contributed by atoms with van der Waals surface area (Å²) in [6.07, 6.45) is 7.96. The van der Waals surface area contributed by atoms with E-state index in [2.05, 4.69) is 38.6 Å². The second kappa shape index (κ2) is 7.95. The van der Waals surface area contributed by atoms with Crippen molar-refractivity contribution in [1.29, 1.82) is 0 Å². The lowest BCUT2D eigenvalue weighted by Gasteiger charge is -2.26. The minimum absolute atomic E-state index is 0.0428. The highest BCUT2D eigenvalue weighted by Gasteiger charge is 2.30. The lowest BCUT2D eigenvalue weighted by atomic mass is 10.1. The van der Waals surface area contributed by atoms with Gasteiger partial charge < -0.3 is 9.88 Å². The highest BCUT2D eigenvalue weighted by atomic mass is 16.1. The Morgan fingerprint density at radius 1 is 1.38 bits per heavy atom. The first-order chi connectivity index (χ1) is 12.5. The van der Waals surface area contributed by atoms with Gasteiger partial charge in [0.1, 0.15) is 11.6 Å². The number of nitrogens with zero attached hydrogens (tertiary/aromatic N) is 5. The van der Waals surface area contributed by atoms with Gasteiger partial charge in [0.2, 0.25) is 5.91 Å². The number of hydrogen-bond donors (Lipinski definition) is 1. The van der Waals surface area contributed by atoms with Crippen LogP contribution in [0.15, 0.2) is 18.6 Å². The molecule has 1 fully saturated rings. The molecular weight excluding hydrogens is 328 g/mol. The summed E-state index contributed by atoms with van der Waals surface area (Å²) in [6, 6.07) is 0.628. The Balaban J connectivity index is 1.84. The first-order valence-electron chi connectivity index (χ1n) is 9.28. The summed E-state index contributed by atoms with van der Waals surface area (Å²) < 4.78 is 2.22. The average molecular weight is 356 g/mol. The summed E-state index contributed by atoms with van der Waals surface area (Å²) in [6.45, 7) is 10.1. The Hall–Kier alpha value is -2.28. The topological polar surface area (TPSA) is 75.9 Å². The predicted octanol–water partition coefficient (Wildman–Crippen LogP) is 2.54. The van der Waals surface area contributed by atoms with Crippen LogP contribution in [0.1, 0.15) is 68.6 Å². The summed E-state index contributed by atoms with van der Waals surface area (Å²) in [5.41, 5.74) is 2.03. The molecule has 1 amide bonds. The largest absolute Gasteiger partial charge is 0.352 e. The highest BCUT2D eigenvalue weighted by Crippen LogP contribution is 2.33. The highest BCUT2D eigenvalue weighted by molar-refractivity contribution is 5.72. The summed E-state index contributed by atoms with van der Waals surface area (Å²) in [4.78, 5) is 27.4. The molecule has 1 aliphatic rings. The molecule has 0 saturated carbocycles. The summed E-state index contributed by atoms with van der Waals surface area (Å²) in [5.74, 6) is 1.81. The number of aryl methyl sites for hydroxylation is 1. The van der Waals surface area contributed by atoms with Gasteiger partial charge >= 0.3 is 0 Å². The van der Waals surface area contributed by atoms with Crippen molar-refractivity contribution in [3.63, 3.8) is 0 Å². The van der Waals surface area contributed by atoms with Crippen LogP contribution in [0.5, 0.6) is 0 Å². The van der Waals surface area contributed by atoms with Gasteiger partial charge in [-0.25, -0.2) is 15.0 Å². The first-order valence-corrected chi connectivity index (χ1v) is 9.28. The maximum atomic E-state index is 11.3. The maximum absolute atomic E-state index is 11.3. The maximum Gasteiger partial charge on any atom is 0.217 e. The van der Waals surface area contributed by atoms with E-state index in [4.69, 9.17) is 4.98 Å². The van der Waals surface area contributed by atoms with Crippen molar-refractivity contribution in [2.24, 2.45) is 0 Å². The molecule has 0 bridgehead atoms. The number of aromatic nitrogens is 4. The monoisotopic (exact) mass is 356 g/mol. The van der Waals surface area contributed by atoms with Gasteiger partial charge in [0.05, 0.1) is 18.3 Å². The Morgan fingerprint density at radius 2 is 2.19 bits per heavy atom. The minimum atomic E-state index is -0.0428. The van der Waals surface area contributed by atoms with Gasteiger partial charge in [-0.3, -0.25) is 9.69 Å². The van der Waals surface area contributed by atoms with Crippen molar-refractivity contribution in [2.75, 3.05) is 6.54 Å². The molecule has 1 aliphatic heterocycles. The molecule has 3 heterocycles. The Kier molecular flexibility index (Phi) is 5.66. The van der Waals surface area contributed by atoms with E-state index in [0.717, 1.165) is 48.8 Å². The van der Waals surface area contributed by atoms with Crippen LogP contribution in [0, 0.1) is 6.92 Å². The number of amides is 1. The van der Waals surface area contributed by atoms with E-state index in [-0.39, 0.29) is 11.9 Å². The third-order valence-corrected chi connectivity index (χ3v) is 4.88. The van der Waals surface area contributed by atoms with E-state index in [1.807, 2.05) is 25.5 Å². The van der Waals surface area contributed by atoms with E-state index in [1.165, 1.54) is 6.92 Å². The minimum Gasteiger partial charge on any atom is -0.352 e. The second-order valence-electron chi connectivity index (χ2n) is 7.21. The van der Waals surface area contributed by atoms with Gasteiger partial charge in [-0.2, -0.15) is 0 Å². The molecule has 26 heavy (non-hydrogen) atoms. The molecule has 2 aromatic heterocycles. The molecule has 7 heteroatoms. The number of nitrogens with one attached hydrogen (secondary N) is 1. The zero-order chi connectivity index (χ0) is 18.7. The summed E-state index contributed by atoms with van der Waals surface area (Å²) in [7, 11) is 0. The number of likely N-dealkylation sites (tertiary alicyclic amines) is 1. The van der Waals surface area contributed by atoms with Crippen LogP contribution < -0.4 is 5.32 Å². The molecule has 0 aromatic carbocycles. The van der Waals surface area contributed by atoms with Crippen molar-refractivity contribution < 1.29 is 4.79 Å². The Bertz CT molecular complexity index is 769. The Morgan fingerprint density at radius 3 is 2.92 bits per heavy atom. The fourth-order valence-electron chi connectivity index (χ4n) is 3.60. The molecule has 3 rings (SSSR count). The van der Waals surface area contributed by atoms with Gasteiger partial charge in [0, 0.05) is 43.7 Å². The van der Waals surface area contributed by atoms with Gasteiger partial charge in [-0.15, -0.1) is 0 Å². The quantitative estimate of drug-likeness (QED) is 0.861. The van der Waals surface area contributed by atoms with E-state index in [1.54, 1.807) is 0 Å². The molecule has 0 unspecified atom stereocenters. The number of imidazole rings is 1. The molecule has 2 aromatic rings. The normalized spacial score (nSPS) is 17.8. The third-order valence-electron chi connectivity index (χ3n) is 4.88. The molecule has 0 radical (unpaired) electrons. The van der Waals surface area contributed by atoms with E-state index in [0.29, 0.717) is 12.6 Å². The fourth-order valence-corrected chi connectivity index (χ4v) is 3.60. The molecule has 1 saturated heterocycles. The van der Waals surface area contributed by atoms with Crippen LogP contribution in [0.2, 0.25) is 0 Å². The van der Waals surface area contributed by atoms with Crippen LogP contribution >= 0.6 is 0 Å². The average Bonchev–Trinajstić information content (AvgIpc) is 3.23. The SMILES string of the molecule is CC(=O)NCc1cnc(C)nc1[C@H]1CCCN1Cc1nccn1C(C)C. The van der Waals surface area contributed by atoms with Crippen molar-refractivity contribution in [2.45, 2.75) is 65.7 Å². The van der Waals surface area contributed by atoms with Crippen LogP contribution in [0.3, 0.4) is 0 Å². The molecule has 140 valence electrons. The van der Waals surface area contributed by atoms with Gasteiger partial charge in [-0.1, -0.05) is 0 Å². The van der Waals surface area contributed by atoms with Gasteiger partial charge in [-0.05, 0) is 40.2 Å². The van der Waals surface area contributed by atoms with Crippen molar-refractivity contribution in [3.05, 3.63) is 41.5 Å². The van der Waals surface area contributed by atoms with Crippen molar-refractivity contribution in [1.82, 2.24) is 29.7 Å². The van der Waals surface area contributed by atoms with Gasteiger partial charge in [0.25, 0.3) is 0 Å². The van der Waals surface area contributed by atoms with E-state index < -0.39 is 0 Å². The molecule has 7 nitrogen and oxygen atoms in total. The molecule has 0 aliphatic carbocycles. The van der Waals surface area contributed by atoms with E-state index >= 15 is 0 Å². The number of carbonyl (C=O) groups excluding carboxylic acids is 1. The van der Waals surface area contributed by atoms with Crippen LogP contribution in [-0.2, 0) is 17.9 Å². The third kappa shape index (κ3) is 4.09. The first kappa shape index (κ1) is 18.5. The second-order valence-corrected chi connectivity index (χ2v) is 7.21. The van der Waals surface area contributed by atoms with E-state index in [9.17, 15) is 4.79 Å². The molecule has 1 N–H and O–H groups in total. The summed E-state index contributed by atoms with van der Waals surface area (Å²) in [5, 5.41) is 2.88. The summed E-state index contributed by atoms with van der Waals surface area (Å²) >= 11 is 0. The number of hydrogen-bond acceptors (Lipinski definition) is 5. The van der Waals surface area contributed by atoms with Crippen LogP contribution in [0.4, 0.5) is 0 Å². The zero-order valence-corrected chi connectivity index (χ0v) is 16.1. The molecular formula is C19H28N6O. The Labute approximate surface area is 154 Å². The van der Waals surface area contributed by atoms with Crippen LogP contribution in [0.25, 0.3) is 0 Å². The standard InChI is InChI=1S/C19H28N6O/c1-13(2)25-9-7-20-18(25)12-24-8-5-6-17(24)19-16(11-22-15(4)26)10-21-14(3)23-19/h7,9-10,13,17H,5-6,8,11-12H2,1-4H3,(H,22,26)/t17-/m1/s1. The number of carbonyl (C=O) groups is 1. The molecule has 1 atom stereocenters. The van der Waals surface area contributed by atoms with Crippen LogP contribution in [-0.4, -0.2) is 36.9 Å². The lowest BCUT2D eigenvalue weighted by molar-refractivity contribution is -0.119. The smallest absolute Gasteiger partial charge is 0.217 e.